The number of nitrogens with zero attached hydrogens (tertiary/aromatic N) is 2. The van der Waals surface area contributed by atoms with Gasteiger partial charge in [0.05, 0.1) is 12.1 Å². The van der Waals surface area contributed by atoms with Crippen molar-refractivity contribution in [1.29, 1.82) is 0 Å². The van der Waals surface area contributed by atoms with E-state index in [4.69, 9.17) is 5.73 Å². The Morgan fingerprint density at radius 3 is 2.68 bits per heavy atom. The highest BCUT2D eigenvalue weighted by Crippen LogP contribution is 2.32. The molecule has 0 aromatic carbocycles. The number of aromatic nitrogens is 2. The van der Waals surface area contributed by atoms with Crippen LogP contribution in [0.25, 0.3) is 0 Å². The van der Waals surface area contributed by atoms with Crippen molar-refractivity contribution >= 4 is 30.7 Å². The first-order valence-electron chi connectivity index (χ1n) is 6.08. The lowest BCUT2D eigenvalue weighted by Crippen LogP contribution is -2.42. The molecule has 1 fully saturated rings. The largest absolute Gasteiger partial charge is 0.347 e. The van der Waals surface area contributed by atoms with Gasteiger partial charge in [-0.1, -0.05) is 13.8 Å². The Labute approximate surface area is 126 Å². The zero-order valence-electron chi connectivity index (χ0n) is 11.3. The number of carbonyl (C=O) groups excluding carboxylic acids is 1. The van der Waals surface area contributed by atoms with Gasteiger partial charge in [0.15, 0.2) is 0 Å². The minimum Gasteiger partial charge on any atom is -0.347 e. The second kappa shape index (κ2) is 7.12. The predicted octanol–water partition coefficient (Wildman–Crippen LogP) is 1.49. The van der Waals surface area contributed by atoms with Gasteiger partial charge in [0.25, 0.3) is 0 Å². The van der Waals surface area contributed by atoms with Gasteiger partial charge < -0.3 is 15.6 Å². The minimum absolute atomic E-state index is 0. The van der Waals surface area contributed by atoms with Crippen LogP contribution in [0.5, 0.6) is 0 Å². The maximum absolute atomic E-state index is 11.7. The molecule has 7 heteroatoms. The number of nitrogens with two attached hydrogens (primary N) is 1. The number of hydrogen-bond donors (Lipinski definition) is 2. The highest BCUT2D eigenvalue weighted by Gasteiger charge is 2.45. The number of imidazole rings is 1. The SMILES string of the molecule is CC(C)Cn1ccnc1CNC(=O)C1(N)CC1.Cl.Cl. The topological polar surface area (TPSA) is 72.9 Å². The molecule has 0 atom stereocenters. The van der Waals surface area contributed by atoms with Crippen LogP contribution in [0.3, 0.4) is 0 Å². The zero-order valence-corrected chi connectivity index (χ0v) is 12.9. The number of amides is 1. The summed E-state index contributed by atoms with van der Waals surface area (Å²) in [6, 6.07) is 0. The van der Waals surface area contributed by atoms with Crippen LogP contribution in [0.1, 0.15) is 32.5 Å². The van der Waals surface area contributed by atoms with E-state index in [2.05, 4.69) is 28.7 Å². The Bertz CT molecular complexity index is 416. The van der Waals surface area contributed by atoms with E-state index in [1.165, 1.54) is 0 Å². The summed E-state index contributed by atoms with van der Waals surface area (Å²) < 4.78 is 2.07. The molecule has 0 bridgehead atoms. The predicted molar refractivity (Wildman–Crippen MR) is 79.6 cm³/mol. The van der Waals surface area contributed by atoms with E-state index in [0.717, 1.165) is 25.2 Å². The molecule has 0 spiro atoms. The van der Waals surface area contributed by atoms with Crippen molar-refractivity contribution < 1.29 is 4.79 Å². The lowest BCUT2D eigenvalue weighted by molar-refractivity contribution is -0.123. The van der Waals surface area contributed by atoms with Gasteiger partial charge in [-0.05, 0) is 18.8 Å². The van der Waals surface area contributed by atoms with Gasteiger partial charge >= 0.3 is 0 Å². The van der Waals surface area contributed by atoms with Crippen LogP contribution in [-0.2, 0) is 17.9 Å². The maximum Gasteiger partial charge on any atom is 0.240 e. The first-order valence-corrected chi connectivity index (χ1v) is 6.08. The first kappa shape index (κ1) is 18.2. The van der Waals surface area contributed by atoms with Gasteiger partial charge in [0.1, 0.15) is 5.82 Å². The fraction of sp³-hybridized carbons (Fsp3) is 0.667. The van der Waals surface area contributed by atoms with Crippen LogP contribution < -0.4 is 11.1 Å². The van der Waals surface area contributed by atoms with E-state index in [9.17, 15) is 4.79 Å². The fourth-order valence-electron chi connectivity index (χ4n) is 1.76. The molecule has 1 aromatic heterocycles. The van der Waals surface area contributed by atoms with Crippen LogP contribution in [-0.4, -0.2) is 21.0 Å². The van der Waals surface area contributed by atoms with E-state index < -0.39 is 5.54 Å². The van der Waals surface area contributed by atoms with Crippen molar-refractivity contribution in [1.82, 2.24) is 14.9 Å². The van der Waals surface area contributed by atoms with Crippen molar-refractivity contribution in [2.24, 2.45) is 11.7 Å². The summed E-state index contributed by atoms with van der Waals surface area (Å²) in [7, 11) is 0. The Kier molecular flexibility index (Phi) is 6.83. The summed E-state index contributed by atoms with van der Waals surface area (Å²) in [5.41, 5.74) is 5.21. The quantitative estimate of drug-likeness (QED) is 0.865. The van der Waals surface area contributed by atoms with E-state index >= 15 is 0 Å². The van der Waals surface area contributed by atoms with Gasteiger partial charge in [-0.15, -0.1) is 24.8 Å². The van der Waals surface area contributed by atoms with Crippen molar-refractivity contribution in [2.75, 3.05) is 0 Å². The van der Waals surface area contributed by atoms with Gasteiger partial charge in [-0.2, -0.15) is 0 Å². The second-order valence-corrected chi connectivity index (χ2v) is 5.23. The summed E-state index contributed by atoms with van der Waals surface area (Å²) in [6.07, 6.45) is 5.29. The van der Waals surface area contributed by atoms with E-state index in [-0.39, 0.29) is 30.7 Å². The van der Waals surface area contributed by atoms with Crippen LogP contribution >= 0.6 is 24.8 Å². The summed E-state index contributed by atoms with van der Waals surface area (Å²) in [4.78, 5) is 15.9. The molecule has 0 saturated heterocycles. The van der Waals surface area contributed by atoms with Crippen molar-refractivity contribution in [3.63, 3.8) is 0 Å². The molecule has 0 radical (unpaired) electrons. The highest BCUT2D eigenvalue weighted by molar-refractivity contribution is 5.88. The Morgan fingerprint density at radius 1 is 1.53 bits per heavy atom. The lowest BCUT2D eigenvalue weighted by atomic mass is 10.2. The molecule has 1 aliphatic rings. The molecular formula is C12H22Cl2N4O. The van der Waals surface area contributed by atoms with Gasteiger partial charge in [-0.25, -0.2) is 4.98 Å². The van der Waals surface area contributed by atoms with E-state index in [0.29, 0.717) is 12.5 Å². The third-order valence-corrected chi connectivity index (χ3v) is 3.01. The number of nitrogens with one attached hydrogen (secondary N) is 1. The van der Waals surface area contributed by atoms with Crippen molar-refractivity contribution in [3.8, 4) is 0 Å². The average Bonchev–Trinajstić information content (AvgIpc) is 2.87. The summed E-state index contributed by atoms with van der Waals surface area (Å²) in [5.74, 6) is 1.39. The molecule has 3 N–H and O–H groups in total. The Balaban J connectivity index is 0.00000162. The number of hydrogen-bond acceptors (Lipinski definition) is 3. The maximum atomic E-state index is 11.7. The van der Waals surface area contributed by atoms with Gasteiger partial charge in [-0.3, -0.25) is 4.79 Å². The standard InChI is InChI=1S/C12H20N4O.2ClH/c1-9(2)8-16-6-5-14-10(16)7-15-11(17)12(13)3-4-12;;/h5-6,9H,3-4,7-8,13H2,1-2H3,(H,15,17);2*1H. The molecule has 0 aliphatic heterocycles. The molecule has 5 nitrogen and oxygen atoms in total. The second-order valence-electron chi connectivity index (χ2n) is 5.23. The van der Waals surface area contributed by atoms with Crippen LogP contribution in [0.15, 0.2) is 12.4 Å². The van der Waals surface area contributed by atoms with Crippen LogP contribution in [0.4, 0.5) is 0 Å². The molecule has 110 valence electrons. The normalized spacial score (nSPS) is 15.4. The third kappa shape index (κ3) is 4.67. The Hall–Kier alpha value is -0.780. The van der Waals surface area contributed by atoms with Gasteiger partial charge in [0.2, 0.25) is 5.91 Å². The highest BCUT2D eigenvalue weighted by atomic mass is 35.5. The summed E-state index contributed by atoms with van der Waals surface area (Å²) >= 11 is 0. The van der Waals surface area contributed by atoms with Crippen molar-refractivity contribution in [2.45, 2.75) is 45.3 Å². The molecule has 19 heavy (non-hydrogen) atoms. The Morgan fingerprint density at radius 2 is 2.16 bits per heavy atom. The molecule has 1 saturated carbocycles. The average molecular weight is 309 g/mol. The molecule has 1 aromatic rings. The van der Waals surface area contributed by atoms with E-state index in [1.807, 2.05) is 6.20 Å². The molecule has 1 heterocycles. The molecule has 1 aliphatic carbocycles. The van der Waals surface area contributed by atoms with E-state index in [1.54, 1.807) is 6.20 Å². The van der Waals surface area contributed by atoms with Gasteiger partial charge in [0, 0.05) is 18.9 Å². The zero-order chi connectivity index (χ0) is 12.5. The molecule has 2 rings (SSSR count). The number of carbonyl (C=O) groups is 1. The lowest BCUT2D eigenvalue weighted by Gasteiger charge is -2.12. The smallest absolute Gasteiger partial charge is 0.240 e. The number of halogens is 2. The molecular weight excluding hydrogens is 287 g/mol. The summed E-state index contributed by atoms with van der Waals surface area (Å²) in [5, 5.41) is 2.85. The fourth-order valence-corrected chi connectivity index (χ4v) is 1.76. The molecule has 1 amide bonds. The van der Waals surface area contributed by atoms with Crippen LogP contribution in [0.2, 0.25) is 0 Å². The minimum atomic E-state index is -0.602. The third-order valence-electron chi connectivity index (χ3n) is 3.01. The summed E-state index contributed by atoms with van der Waals surface area (Å²) in [6.45, 7) is 5.68. The molecule has 0 unspecified atom stereocenters. The van der Waals surface area contributed by atoms with Crippen molar-refractivity contribution in [3.05, 3.63) is 18.2 Å². The number of rotatable bonds is 5. The first-order chi connectivity index (χ1) is 8.01. The monoisotopic (exact) mass is 308 g/mol. The van der Waals surface area contributed by atoms with Crippen LogP contribution in [0, 0.1) is 5.92 Å².